The molecule has 0 unspecified atom stereocenters. The van der Waals surface area contributed by atoms with E-state index < -0.39 is 0 Å². The Bertz CT molecular complexity index is 837. The van der Waals surface area contributed by atoms with Crippen molar-refractivity contribution in [3.05, 3.63) is 71.6 Å². The van der Waals surface area contributed by atoms with Gasteiger partial charge in [-0.3, -0.25) is 4.79 Å². The third-order valence-electron chi connectivity index (χ3n) is 3.85. The Morgan fingerprint density at radius 2 is 1.92 bits per heavy atom. The Balaban J connectivity index is 1.60. The Morgan fingerprint density at radius 3 is 2.64 bits per heavy atom. The minimum absolute atomic E-state index is 0.134. The minimum Gasteiger partial charge on any atom is -0.492 e. The molecule has 1 N–H and O–H groups in total. The highest BCUT2D eigenvalue weighted by atomic mass is 16.5. The highest BCUT2D eigenvalue weighted by Gasteiger charge is 2.13. The topological polar surface area (TPSA) is 64.4 Å². The van der Waals surface area contributed by atoms with Crippen molar-refractivity contribution in [1.82, 2.24) is 10.5 Å². The molecule has 0 spiro atoms. The maximum atomic E-state index is 12.3. The molecular weight excluding hydrogens is 316 g/mol. The second kappa shape index (κ2) is 7.66. The van der Waals surface area contributed by atoms with Crippen LogP contribution in [0.4, 0.5) is 0 Å². The van der Waals surface area contributed by atoms with Gasteiger partial charge in [0.05, 0.1) is 12.2 Å². The fraction of sp³-hybridized carbons (Fsp3) is 0.200. The number of carbonyl (C=O) groups is 1. The molecule has 0 bridgehead atoms. The van der Waals surface area contributed by atoms with E-state index in [0.29, 0.717) is 18.7 Å². The number of ether oxygens (including phenoxy) is 1. The third kappa shape index (κ3) is 4.07. The molecule has 1 amide bonds. The second-order valence-corrected chi connectivity index (χ2v) is 5.70. The van der Waals surface area contributed by atoms with E-state index >= 15 is 0 Å². The van der Waals surface area contributed by atoms with Crippen LogP contribution in [0.15, 0.2) is 59.1 Å². The van der Waals surface area contributed by atoms with Crippen molar-refractivity contribution >= 4 is 5.91 Å². The SMILES string of the molecule is Cc1noc(C)c1-c1cccc(C(=O)NCCOc2ccccc2)c1. The van der Waals surface area contributed by atoms with Crippen LogP contribution in [0.1, 0.15) is 21.8 Å². The van der Waals surface area contributed by atoms with Crippen molar-refractivity contribution in [3.8, 4) is 16.9 Å². The molecule has 2 aromatic carbocycles. The molecule has 0 saturated heterocycles. The number of para-hydroxylation sites is 1. The average molecular weight is 336 g/mol. The first-order valence-electron chi connectivity index (χ1n) is 8.14. The van der Waals surface area contributed by atoms with Gasteiger partial charge in [0.1, 0.15) is 18.1 Å². The van der Waals surface area contributed by atoms with E-state index in [4.69, 9.17) is 9.26 Å². The molecule has 25 heavy (non-hydrogen) atoms. The maximum absolute atomic E-state index is 12.3. The van der Waals surface area contributed by atoms with Gasteiger partial charge >= 0.3 is 0 Å². The summed E-state index contributed by atoms with van der Waals surface area (Å²) in [5.41, 5.74) is 3.26. The maximum Gasteiger partial charge on any atom is 0.251 e. The minimum atomic E-state index is -0.134. The molecule has 5 nitrogen and oxygen atoms in total. The van der Waals surface area contributed by atoms with E-state index in [1.54, 1.807) is 6.07 Å². The standard InChI is InChI=1S/C20H20N2O3/c1-14-19(15(2)25-22-14)16-7-6-8-17(13-16)20(23)21-11-12-24-18-9-4-3-5-10-18/h3-10,13H,11-12H2,1-2H3,(H,21,23). The average Bonchev–Trinajstić information content (AvgIpc) is 2.98. The Labute approximate surface area is 146 Å². The van der Waals surface area contributed by atoms with Gasteiger partial charge in [-0.05, 0) is 43.7 Å². The first kappa shape index (κ1) is 16.8. The zero-order valence-corrected chi connectivity index (χ0v) is 14.3. The molecule has 3 aromatic rings. The van der Waals surface area contributed by atoms with Crippen LogP contribution in [-0.2, 0) is 0 Å². The zero-order chi connectivity index (χ0) is 17.6. The molecule has 0 fully saturated rings. The van der Waals surface area contributed by atoms with E-state index in [9.17, 15) is 4.79 Å². The highest BCUT2D eigenvalue weighted by Crippen LogP contribution is 2.27. The Morgan fingerprint density at radius 1 is 1.12 bits per heavy atom. The number of rotatable bonds is 6. The number of amides is 1. The zero-order valence-electron chi connectivity index (χ0n) is 14.3. The molecule has 0 aliphatic rings. The number of carbonyl (C=O) groups excluding carboxylic acids is 1. The van der Waals surface area contributed by atoms with Gasteiger partial charge in [0.2, 0.25) is 0 Å². The number of aromatic nitrogens is 1. The predicted octanol–water partition coefficient (Wildman–Crippen LogP) is 3.77. The van der Waals surface area contributed by atoms with Gasteiger partial charge in [0, 0.05) is 11.1 Å². The van der Waals surface area contributed by atoms with Crippen LogP contribution in [0.5, 0.6) is 5.75 Å². The fourth-order valence-electron chi connectivity index (χ4n) is 2.66. The smallest absolute Gasteiger partial charge is 0.251 e. The van der Waals surface area contributed by atoms with Crippen LogP contribution in [0, 0.1) is 13.8 Å². The second-order valence-electron chi connectivity index (χ2n) is 5.70. The lowest BCUT2D eigenvalue weighted by molar-refractivity contribution is 0.0947. The Hall–Kier alpha value is -3.08. The summed E-state index contributed by atoms with van der Waals surface area (Å²) in [5, 5.41) is 6.83. The van der Waals surface area contributed by atoms with E-state index in [2.05, 4.69) is 10.5 Å². The largest absolute Gasteiger partial charge is 0.492 e. The van der Waals surface area contributed by atoms with E-state index in [1.165, 1.54) is 0 Å². The van der Waals surface area contributed by atoms with Crippen molar-refractivity contribution < 1.29 is 14.1 Å². The number of nitrogens with zero attached hydrogens (tertiary/aromatic N) is 1. The van der Waals surface area contributed by atoms with Crippen LogP contribution in [0.2, 0.25) is 0 Å². The van der Waals surface area contributed by atoms with Crippen LogP contribution in [0.25, 0.3) is 11.1 Å². The number of benzene rings is 2. The van der Waals surface area contributed by atoms with Crippen LogP contribution in [0.3, 0.4) is 0 Å². The summed E-state index contributed by atoms with van der Waals surface area (Å²) in [6.07, 6.45) is 0. The molecule has 128 valence electrons. The van der Waals surface area contributed by atoms with Crippen molar-refractivity contribution in [2.75, 3.05) is 13.2 Å². The van der Waals surface area contributed by atoms with Crippen molar-refractivity contribution in [1.29, 1.82) is 0 Å². The summed E-state index contributed by atoms with van der Waals surface area (Å²) < 4.78 is 10.8. The predicted molar refractivity (Wildman–Crippen MR) is 95.7 cm³/mol. The van der Waals surface area contributed by atoms with Gasteiger partial charge in [-0.2, -0.15) is 0 Å². The van der Waals surface area contributed by atoms with Crippen LogP contribution < -0.4 is 10.1 Å². The molecule has 5 heteroatoms. The molecule has 0 aliphatic heterocycles. The fourth-order valence-corrected chi connectivity index (χ4v) is 2.66. The van der Waals surface area contributed by atoms with Gasteiger partial charge in [-0.15, -0.1) is 0 Å². The highest BCUT2D eigenvalue weighted by molar-refractivity contribution is 5.95. The lowest BCUT2D eigenvalue weighted by atomic mass is 10.0. The van der Waals surface area contributed by atoms with E-state index in [-0.39, 0.29) is 5.91 Å². The molecule has 0 atom stereocenters. The van der Waals surface area contributed by atoms with Gasteiger partial charge in [-0.1, -0.05) is 35.5 Å². The molecule has 1 aromatic heterocycles. The summed E-state index contributed by atoms with van der Waals surface area (Å²) in [7, 11) is 0. The van der Waals surface area contributed by atoms with Gasteiger partial charge in [0.15, 0.2) is 0 Å². The molecule has 0 radical (unpaired) electrons. The lowest BCUT2D eigenvalue weighted by Gasteiger charge is -2.08. The van der Waals surface area contributed by atoms with Crippen LogP contribution in [-0.4, -0.2) is 24.2 Å². The molecule has 0 aliphatic carbocycles. The lowest BCUT2D eigenvalue weighted by Crippen LogP contribution is -2.28. The summed E-state index contributed by atoms with van der Waals surface area (Å²) in [6.45, 7) is 4.60. The summed E-state index contributed by atoms with van der Waals surface area (Å²) >= 11 is 0. The quantitative estimate of drug-likeness (QED) is 0.696. The number of nitrogens with one attached hydrogen (secondary N) is 1. The van der Waals surface area contributed by atoms with Crippen molar-refractivity contribution in [2.45, 2.75) is 13.8 Å². The van der Waals surface area contributed by atoms with Gasteiger partial charge in [-0.25, -0.2) is 0 Å². The molecule has 1 heterocycles. The van der Waals surface area contributed by atoms with Gasteiger partial charge in [0.25, 0.3) is 5.91 Å². The van der Waals surface area contributed by atoms with Crippen molar-refractivity contribution in [3.63, 3.8) is 0 Å². The molecule has 0 saturated carbocycles. The first-order valence-corrected chi connectivity index (χ1v) is 8.14. The number of aryl methyl sites for hydroxylation is 2. The van der Waals surface area contributed by atoms with Crippen molar-refractivity contribution in [2.24, 2.45) is 0 Å². The third-order valence-corrected chi connectivity index (χ3v) is 3.85. The van der Waals surface area contributed by atoms with Crippen LogP contribution >= 0.6 is 0 Å². The first-order chi connectivity index (χ1) is 12.1. The van der Waals surface area contributed by atoms with E-state index in [0.717, 1.165) is 28.3 Å². The molecular formula is C20H20N2O3. The van der Waals surface area contributed by atoms with E-state index in [1.807, 2.05) is 62.4 Å². The normalized spacial score (nSPS) is 10.5. The van der Waals surface area contributed by atoms with Gasteiger partial charge < -0.3 is 14.6 Å². The summed E-state index contributed by atoms with van der Waals surface area (Å²) in [5.74, 6) is 1.40. The molecule has 3 rings (SSSR count). The number of hydrogen-bond acceptors (Lipinski definition) is 4. The summed E-state index contributed by atoms with van der Waals surface area (Å²) in [6, 6.07) is 17.0. The number of hydrogen-bond donors (Lipinski definition) is 1. The monoisotopic (exact) mass is 336 g/mol. The summed E-state index contributed by atoms with van der Waals surface area (Å²) in [4.78, 5) is 12.3. The Kier molecular flexibility index (Phi) is 5.14.